The average Bonchev–Trinajstić information content (AvgIpc) is 2.16. The van der Waals surface area contributed by atoms with Gasteiger partial charge >= 0.3 is 0 Å². The van der Waals surface area contributed by atoms with Gasteiger partial charge in [-0.3, -0.25) is 0 Å². The molecule has 86 valence electrons. The van der Waals surface area contributed by atoms with Crippen molar-refractivity contribution in [1.29, 1.82) is 0 Å². The average molecular weight is 327 g/mol. The molecular weight excluding hydrogens is 309 g/mol. The number of halogens is 1. The SMILES string of the molecule is C[N+](C)(C)Cc1cccc2ccccc12.[I-]. The molecule has 0 aliphatic heterocycles. The topological polar surface area (TPSA) is 0 Å². The van der Waals surface area contributed by atoms with Gasteiger partial charge in [-0.05, 0) is 10.8 Å². The number of quaternary nitrogens is 1. The summed E-state index contributed by atoms with van der Waals surface area (Å²) in [5, 5.41) is 2.72. The van der Waals surface area contributed by atoms with E-state index in [2.05, 4.69) is 63.6 Å². The Kier molecular flexibility index (Phi) is 4.33. The van der Waals surface area contributed by atoms with Crippen LogP contribution in [0.15, 0.2) is 42.5 Å². The molecule has 0 heterocycles. The Bertz CT molecular complexity index is 466. The molecule has 0 atom stereocenters. The fourth-order valence-corrected chi connectivity index (χ4v) is 1.94. The summed E-state index contributed by atoms with van der Waals surface area (Å²) in [5.41, 5.74) is 1.43. The highest BCUT2D eigenvalue weighted by Crippen LogP contribution is 2.20. The highest BCUT2D eigenvalue weighted by molar-refractivity contribution is 5.85. The van der Waals surface area contributed by atoms with Gasteiger partial charge in [0, 0.05) is 5.56 Å². The summed E-state index contributed by atoms with van der Waals surface area (Å²) in [5.74, 6) is 0. The number of hydrogen-bond donors (Lipinski definition) is 0. The number of benzene rings is 2. The van der Waals surface area contributed by atoms with Gasteiger partial charge in [0.05, 0.1) is 21.1 Å². The Morgan fingerprint density at radius 1 is 0.875 bits per heavy atom. The van der Waals surface area contributed by atoms with Gasteiger partial charge in [0.25, 0.3) is 0 Å². The Morgan fingerprint density at radius 2 is 1.50 bits per heavy atom. The molecule has 2 rings (SSSR count). The lowest BCUT2D eigenvalue weighted by atomic mass is 10.0. The van der Waals surface area contributed by atoms with Crippen molar-refractivity contribution in [3.8, 4) is 0 Å². The molecule has 0 aromatic heterocycles. The van der Waals surface area contributed by atoms with Gasteiger partial charge in [-0.15, -0.1) is 0 Å². The standard InChI is InChI=1S/C14H18N.HI/c1-15(2,3)11-13-9-6-8-12-7-4-5-10-14(12)13;/h4-10H,11H2,1-3H3;1H/q+1;/p-1. The summed E-state index contributed by atoms with van der Waals surface area (Å²) < 4.78 is 0.966. The first-order chi connectivity index (χ1) is 7.06. The van der Waals surface area contributed by atoms with Crippen LogP contribution >= 0.6 is 0 Å². The minimum atomic E-state index is 0. The Balaban J connectivity index is 0.00000128. The van der Waals surface area contributed by atoms with Crippen molar-refractivity contribution in [3.63, 3.8) is 0 Å². The maximum atomic E-state index is 2.23. The molecule has 2 aromatic rings. The molecule has 2 heteroatoms. The Labute approximate surface area is 115 Å². The van der Waals surface area contributed by atoms with E-state index in [-0.39, 0.29) is 24.0 Å². The number of nitrogens with zero attached hydrogens (tertiary/aromatic N) is 1. The van der Waals surface area contributed by atoms with E-state index in [4.69, 9.17) is 0 Å². The summed E-state index contributed by atoms with van der Waals surface area (Å²) >= 11 is 0. The van der Waals surface area contributed by atoms with Crippen molar-refractivity contribution in [2.75, 3.05) is 21.1 Å². The van der Waals surface area contributed by atoms with Gasteiger partial charge < -0.3 is 28.5 Å². The van der Waals surface area contributed by atoms with Crippen molar-refractivity contribution < 1.29 is 28.5 Å². The van der Waals surface area contributed by atoms with Crippen LogP contribution in [0.1, 0.15) is 5.56 Å². The van der Waals surface area contributed by atoms with Crippen LogP contribution in [-0.4, -0.2) is 25.6 Å². The third-order valence-corrected chi connectivity index (χ3v) is 2.52. The first kappa shape index (κ1) is 13.5. The zero-order chi connectivity index (χ0) is 10.9. The lowest BCUT2D eigenvalue weighted by molar-refractivity contribution is -0.883. The summed E-state index contributed by atoms with van der Waals surface area (Å²) in [6.07, 6.45) is 0. The Morgan fingerprint density at radius 3 is 2.19 bits per heavy atom. The molecule has 0 amide bonds. The molecule has 0 saturated carbocycles. The fourth-order valence-electron chi connectivity index (χ4n) is 1.94. The lowest BCUT2D eigenvalue weighted by Crippen LogP contribution is -3.00. The summed E-state index contributed by atoms with van der Waals surface area (Å²) in [6, 6.07) is 15.1. The van der Waals surface area contributed by atoms with E-state index in [0.29, 0.717) is 0 Å². The van der Waals surface area contributed by atoms with E-state index in [1.54, 1.807) is 0 Å². The van der Waals surface area contributed by atoms with Crippen LogP contribution in [0.4, 0.5) is 0 Å². The minimum absolute atomic E-state index is 0. The van der Waals surface area contributed by atoms with Crippen LogP contribution < -0.4 is 24.0 Å². The van der Waals surface area contributed by atoms with E-state index in [9.17, 15) is 0 Å². The van der Waals surface area contributed by atoms with Crippen molar-refractivity contribution in [3.05, 3.63) is 48.0 Å². The number of fused-ring (bicyclic) bond motifs is 1. The van der Waals surface area contributed by atoms with Crippen molar-refractivity contribution in [1.82, 2.24) is 0 Å². The second-order valence-corrected chi connectivity index (χ2v) is 5.09. The summed E-state index contributed by atoms with van der Waals surface area (Å²) in [6.45, 7) is 1.07. The zero-order valence-corrected chi connectivity index (χ0v) is 12.2. The molecule has 0 aliphatic carbocycles. The normalized spacial score (nSPS) is 11.2. The summed E-state index contributed by atoms with van der Waals surface area (Å²) in [4.78, 5) is 0. The highest BCUT2D eigenvalue weighted by atomic mass is 127. The molecule has 1 nitrogen and oxygen atoms in total. The molecule has 0 saturated heterocycles. The van der Waals surface area contributed by atoms with Crippen LogP contribution in [0.3, 0.4) is 0 Å². The molecule has 0 fully saturated rings. The van der Waals surface area contributed by atoms with E-state index in [1.807, 2.05) is 0 Å². The highest BCUT2D eigenvalue weighted by Gasteiger charge is 2.10. The smallest absolute Gasteiger partial charge is 0.104 e. The number of hydrogen-bond acceptors (Lipinski definition) is 0. The molecular formula is C14H18IN. The minimum Gasteiger partial charge on any atom is -1.00 e. The largest absolute Gasteiger partial charge is 1.00 e. The van der Waals surface area contributed by atoms with E-state index < -0.39 is 0 Å². The van der Waals surface area contributed by atoms with Gasteiger partial charge in [-0.1, -0.05) is 42.5 Å². The second kappa shape index (κ2) is 5.15. The van der Waals surface area contributed by atoms with E-state index in [0.717, 1.165) is 11.0 Å². The predicted molar refractivity (Wildman–Crippen MR) is 65.7 cm³/mol. The molecule has 0 N–H and O–H groups in total. The monoisotopic (exact) mass is 327 g/mol. The van der Waals surface area contributed by atoms with E-state index >= 15 is 0 Å². The second-order valence-electron chi connectivity index (χ2n) is 5.09. The Hall–Kier alpha value is -0.610. The predicted octanol–water partition coefficient (Wildman–Crippen LogP) is 0.0500. The van der Waals surface area contributed by atoms with Crippen LogP contribution in [-0.2, 0) is 6.54 Å². The first-order valence-corrected chi connectivity index (χ1v) is 5.33. The molecule has 0 bridgehead atoms. The van der Waals surface area contributed by atoms with Gasteiger partial charge in [0.15, 0.2) is 0 Å². The molecule has 16 heavy (non-hydrogen) atoms. The maximum absolute atomic E-state index is 2.23. The molecule has 0 spiro atoms. The van der Waals surface area contributed by atoms with Crippen molar-refractivity contribution in [2.24, 2.45) is 0 Å². The van der Waals surface area contributed by atoms with Crippen molar-refractivity contribution in [2.45, 2.75) is 6.54 Å². The van der Waals surface area contributed by atoms with Crippen LogP contribution in [0.25, 0.3) is 10.8 Å². The number of rotatable bonds is 2. The molecule has 0 unspecified atom stereocenters. The van der Waals surface area contributed by atoms with Gasteiger partial charge in [0.2, 0.25) is 0 Å². The van der Waals surface area contributed by atoms with Gasteiger partial charge in [-0.25, -0.2) is 0 Å². The summed E-state index contributed by atoms with van der Waals surface area (Å²) in [7, 11) is 6.67. The van der Waals surface area contributed by atoms with Crippen LogP contribution in [0.2, 0.25) is 0 Å². The zero-order valence-electron chi connectivity index (χ0n) is 10.1. The lowest BCUT2D eigenvalue weighted by Gasteiger charge is -2.24. The third-order valence-electron chi connectivity index (χ3n) is 2.52. The maximum Gasteiger partial charge on any atom is 0.104 e. The van der Waals surface area contributed by atoms with Crippen LogP contribution in [0.5, 0.6) is 0 Å². The molecule has 0 aliphatic rings. The molecule has 2 aromatic carbocycles. The first-order valence-electron chi connectivity index (χ1n) is 5.33. The third kappa shape index (κ3) is 3.19. The fraction of sp³-hybridized carbons (Fsp3) is 0.286. The van der Waals surface area contributed by atoms with Crippen molar-refractivity contribution >= 4 is 10.8 Å². The van der Waals surface area contributed by atoms with Crippen LogP contribution in [0, 0.1) is 0 Å². The quantitative estimate of drug-likeness (QED) is 0.540. The van der Waals surface area contributed by atoms with Gasteiger partial charge in [-0.2, -0.15) is 0 Å². The van der Waals surface area contributed by atoms with Gasteiger partial charge in [0.1, 0.15) is 6.54 Å². The molecule has 0 radical (unpaired) electrons. The van der Waals surface area contributed by atoms with E-state index in [1.165, 1.54) is 16.3 Å².